The topological polar surface area (TPSA) is 32.3 Å². The van der Waals surface area contributed by atoms with E-state index in [1.54, 1.807) is 0 Å². The van der Waals surface area contributed by atoms with E-state index in [1.165, 1.54) is 10.5 Å². The Bertz CT molecular complexity index is 624. The number of thioether (sulfide) groups is 1. The maximum Gasteiger partial charge on any atom is 0.118 e. The van der Waals surface area contributed by atoms with Crippen molar-refractivity contribution in [1.29, 1.82) is 0 Å². The largest absolute Gasteiger partial charge is 0.508 e. The van der Waals surface area contributed by atoms with E-state index in [2.05, 4.69) is 29.6 Å². The molecule has 2 nitrogen and oxygen atoms in total. The zero-order chi connectivity index (χ0) is 13.4. The SMILES string of the molecule is Cc1cc(NC2CSc3ccccc32)c(C)cc1O. The molecule has 2 aromatic rings. The van der Waals surface area contributed by atoms with E-state index in [-0.39, 0.29) is 0 Å². The number of hydrogen-bond donors (Lipinski definition) is 2. The predicted octanol–water partition coefficient (Wildman–Crippen LogP) is 4.27. The first-order valence-electron chi connectivity index (χ1n) is 6.43. The molecule has 0 aliphatic carbocycles. The molecule has 19 heavy (non-hydrogen) atoms. The number of benzene rings is 2. The lowest BCUT2D eigenvalue weighted by Gasteiger charge is -2.17. The number of phenols is 1. The second-order valence-electron chi connectivity index (χ2n) is 5.00. The lowest BCUT2D eigenvalue weighted by molar-refractivity contribution is 0.471. The van der Waals surface area contributed by atoms with E-state index in [0.717, 1.165) is 22.6 Å². The molecular formula is C16H17NOS. The maximum absolute atomic E-state index is 9.71. The maximum atomic E-state index is 9.71. The fourth-order valence-electron chi connectivity index (χ4n) is 2.43. The zero-order valence-electron chi connectivity index (χ0n) is 11.1. The zero-order valence-corrected chi connectivity index (χ0v) is 11.9. The summed E-state index contributed by atoms with van der Waals surface area (Å²) in [5, 5.41) is 13.3. The molecule has 1 atom stereocenters. The molecule has 1 aliphatic heterocycles. The fraction of sp³-hybridized carbons (Fsp3) is 0.250. The first kappa shape index (κ1) is 12.4. The van der Waals surface area contributed by atoms with Crippen molar-refractivity contribution in [3.05, 3.63) is 53.1 Å². The molecule has 1 unspecified atom stereocenters. The Hall–Kier alpha value is -1.61. The Labute approximate surface area is 117 Å². The number of hydrogen-bond acceptors (Lipinski definition) is 3. The van der Waals surface area contributed by atoms with Gasteiger partial charge in [-0.3, -0.25) is 0 Å². The minimum Gasteiger partial charge on any atom is -0.508 e. The van der Waals surface area contributed by atoms with Gasteiger partial charge in [-0.25, -0.2) is 0 Å². The van der Waals surface area contributed by atoms with E-state index in [4.69, 9.17) is 0 Å². The van der Waals surface area contributed by atoms with Gasteiger partial charge in [0.1, 0.15) is 5.75 Å². The molecule has 98 valence electrons. The van der Waals surface area contributed by atoms with Crippen LogP contribution in [0.1, 0.15) is 22.7 Å². The van der Waals surface area contributed by atoms with Crippen LogP contribution in [0.25, 0.3) is 0 Å². The van der Waals surface area contributed by atoms with Crippen LogP contribution in [0.4, 0.5) is 5.69 Å². The summed E-state index contributed by atoms with van der Waals surface area (Å²) in [5.41, 5.74) is 4.47. The van der Waals surface area contributed by atoms with Crippen LogP contribution >= 0.6 is 11.8 Å². The first-order chi connectivity index (χ1) is 9.15. The number of phenolic OH excluding ortho intramolecular Hbond substituents is 1. The molecular weight excluding hydrogens is 254 g/mol. The average Bonchev–Trinajstić information content (AvgIpc) is 2.80. The summed E-state index contributed by atoms with van der Waals surface area (Å²) in [4.78, 5) is 1.37. The lowest BCUT2D eigenvalue weighted by atomic mass is 10.1. The first-order valence-corrected chi connectivity index (χ1v) is 7.42. The van der Waals surface area contributed by atoms with E-state index >= 15 is 0 Å². The Balaban J connectivity index is 1.89. The van der Waals surface area contributed by atoms with Gasteiger partial charge in [0.05, 0.1) is 6.04 Å². The van der Waals surface area contributed by atoms with Gasteiger partial charge in [-0.1, -0.05) is 18.2 Å². The van der Waals surface area contributed by atoms with Crippen LogP contribution < -0.4 is 5.32 Å². The van der Waals surface area contributed by atoms with Gasteiger partial charge in [-0.15, -0.1) is 11.8 Å². The molecule has 0 bridgehead atoms. The number of anilines is 1. The van der Waals surface area contributed by atoms with Crippen molar-refractivity contribution in [2.45, 2.75) is 24.8 Å². The highest BCUT2D eigenvalue weighted by Gasteiger charge is 2.22. The molecule has 0 amide bonds. The smallest absolute Gasteiger partial charge is 0.118 e. The summed E-state index contributed by atoms with van der Waals surface area (Å²) >= 11 is 1.90. The second-order valence-corrected chi connectivity index (χ2v) is 6.06. The van der Waals surface area contributed by atoms with Crippen molar-refractivity contribution < 1.29 is 5.11 Å². The van der Waals surface area contributed by atoms with Crippen LogP contribution in [-0.4, -0.2) is 10.9 Å². The fourth-order valence-corrected chi connectivity index (χ4v) is 3.59. The van der Waals surface area contributed by atoms with Gasteiger partial charge >= 0.3 is 0 Å². The molecule has 0 saturated carbocycles. The van der Waals surface area contributed by atoms with Crippen LogP contribution in [0.5, 0.6) is 5.75 Å². The Kier molecular flexibility index (Phi) is 3.15. The normalized spacial score (nSPS) is 17.3. The average molecular weight is 271 g/mol. The molecule has 2 aromatic carbocycles. The number of aryl methyl sites for hydroxylation is 2. The molecule has 1 aliphatic rings. The van der Waals surface area contributed by atoms with E-state index in [9.17, 15) is 5.11 Å². The molecule has 3 rings (SSSR count). The van der Waals surface area contributed by atoms with Crippen molar-refractivity contribution in [1.82, 2.24) is 0 Å². The van der Waals surface area contributed by atoms with Crippen LogP contribution in [-0.2, 0) is 0 Å². The van der Waals surface area contributed by atoms with E-state index in [0.29, 0.717) is 11.8 Å². The van der Waals surface area contributed by atoms with Gasteiger partial charge in [0.15, 0.2) is 0 Å². The Morgan fingerprint density at radius 1 is 1.16 bits per heavy atom. The number of aromatic hydroxyl groups is 1. The van der Waals surface area contributed by atoms with Crippen LogP contribution in [0.15, 0.2) is 41.3 Å². The van der Waals surface area contributed by atoms with Crippen LogP contribution in [0, 0.1) is 13.8 Å². The minimum atomic E-state index is 0.351. The van der Waals surface area contributed by atoms with Gasteiger partial charge in [0, 0.05) is 16.3 Å². The van der Waals surface area contributed by atoms with Crippen molar-refractivity contribution >= 4 is 17.4 Å². The monoisotopic (exact) mass is 271 g/mol. The Morgan fingerprint density at radius 2 is 1.95 bits per heavy atom. The summed E-state index contributed by atoms with van der Waals surface area (Å²) in [6.45, 7) is 3.95. The number of fused-ring (bicyclic) bond motifs is 1. The molecule has 2 N–H and O–H groups in total. The lowest BCUT2D eigenvalue weighted by Crippen LogP contribution is -2.10. The van der Waals surface area contributed by atoms with E-state index < -0.39 is 0 Å². The molecule has 0 aromatic heterocycles. The standard InChI is InChI=1S/C16H17NOS/c1-10-8-15(18)11(2)7-13(10)17-14-9-19-16-6-4-3-5-12(14)16/h3-8,14,17-18H,9H2,1-2H3. The number of rotatable bonds is 2. The summed E-state index contributed by atoms with van der Waals surface area (Å²) in [6, 6.07) is 12.7. The summed E-state index contributed by atoms with van der Waals surface area (Å²) in [7, 11) is 0. The number of nitrogens with one attached hydrogen (secondary N) is 1. The van der Waals surface area contributed by atoms with Crippen LogP contribution in [0.3, 0.4) is 0 Å². The van der Waals surface area contributed by atoms with Gasteiger partial charge in [-0.05, 0) is 48.7 Å². The molecule has 3 heteroatoms. The van der Waals surface area contributed by atoms with Crippen molar-refractivity contribution in [3.63, 3.8) is 0 Å². The van der Waals surface area contributed by atoms with E-state index in [1.807, 2.05) is 37.7 Å². The molecule has 0 saturated heterocycles. The highest BCUT2D eigenvalue weighted by atomic mass is 32.2. The summed E-state index contributed by atoms with van der Waals surface area (Å²) in [6.07, 6.45) is 0. The van der Waals surface area contributed by atoms with Gasteiger partial charge in [0.25, 0.3) is 0 Å². The highest BCUT2D eigenvalue weighted by molar-refractivity contribution is 7.99. The second kappa shape index (κ2) is 4.82. The van der Waals surface area contributed by atoms with Crippen molar-refractivity contribution in [3.8, 4) is 5.75 Å². The molecule has 1 heterocycles. The highest BCUT2D eigenvalue weighted by Crippen LogP contribution is 2.40. The quantitative estimate of drug-likeness (QED) is 0.800. The van der Waals surface area contributed by atoms with Gasteiger partial charge in [0.2, 0.25) is 0 Å². The predicted molar refractivity (Wildman–Crippen MR) is 81.1 cm³/mol. The summed E-state index contributed by atoms with van der Waals surface area (Å²) in [5.74, 6) is 1.42. The van der Waals surface area contributed by atoms with Crippen molar-refractivity contribution in [2.24, 2.45) is 0 Å². The molecule has 0 fully saturated rings. The van der Waals surface area contributed by atoms with Crippen LogP contribution in [0.2, 0.25) is 0 Å². The van der Waals surface area contributed by atoms with Gasteiger partial charge in [-0.2, -0.15) is 0 Å². The third kappa shape index (κ3) is 2.30. The van der Waals surface area contributed by atoms with Crippen molar-refractivity contribution in [2.75, 3.05) is 11.1 Å². The third-order valence-corrected chi connectivity index (χ3v) is 4.76. The molecule has 0 radical (unpaired) electrons. The minimum absolute atomic E-state index is 0.351. The molecule has 0 spiro atoms. The summed E-state index contributed by atoms with van der Waals surface area (Å²) < 4.78 is 0. The third-order valence-electron chi connectivity index (χ3n) is 3.57. The van der Waals surface area contributed by atoms with Gasteiger partial charge < -0.3 is 10.4 Å². The Morgan fingerprint density at radius 3 is 2.79 bits per heavy atom.